The van der Waals surface area contributed by atoms with Gasteiger partial charge in [0.25, 0.3) is 5.91 Å². The summed E-state index contributed by atoms with van der Waals surface area (Å²) in [5.41, 5.74) is -0.100. The molecule has 0 saturated heterocycles. The van der Waals surface area contributed by atoms with Gasteiger partial charge in [-0.15, -0.1) is 11.6 Å². The van der Waals surface area contributed by atoms with Crippen LogP contribution in [0.3, 0.4) is 0 Å². The Morgan fingerprint density at radius 3 is 2.75 bits per heavy atom. The number of hydrogen-bond donors (Lipinski definition) is 2. The summed E-state index contributed by atoms with van der Waals surface area (Å²) in [6.07, 6.45) is 1.76. The van der Waals surface area contributed by atoms with E-state index in [0.717, 1.165) is 12.8 Å². The molecule has 3 nitrogen and oxygen atoms in total. The number of carbonyl (C=O) groups excluding carboxylic acids is 1. The first-order valence-corrected chi connectivity index (χ1v) is 5.85. The van der Waals surface area contributed by atoms with E-state index >= 15 is 0 Å². The number of rotatable bonds is 3. The van der Waals surface area contributed by atoms with Gasteiger partial charge >= 0.3 is 0 Å². The summed E-state index contributed by atoms with van der Waals surface area (Å²) in [7, 11) is 0. The Balaban J connectivity index is 2.17. The molecule has 0 spiro atoms. The van der Waals surface area contributed by atoms with Gasteiger partial charge in [0.05, 0.1) is 11.1 Å². The van der Waals surface area contributed by atoms with Crippen molar-refractivity contribution in [3.05, 3.63) is 28.8 Å². The first-order chi connectivity index (χ1) is 7.56. The maximum Gasteiger partial charge on any atom is 0.255 e. The highest BCUT2D eigenvalue weighted by Crippen LogP contribution is 2.37. The van der Waals surface area contributed by atoms with Gasteiger partial charge in [-0.05, 0) is 31.0 Å². The third-order valence-corrected chi connectivity index (χ3v) is 3.44. The smallest absolute Gasteiger partial charge is 0.255 e. The number of benzene rings is 1. The highest BCUT2D eigenvalue weighted by atomic mass is 35.5. The van der Waals surface area contributed by atoms with E-state index in [-0.39, 0.29) is 22.8 Å². The molecular weight excluding hydrogens is 249 g/mol. The van der Waals surface area contributed by atoms with E-state index < -0.39 is 0 Å². The van der Waals surface area contributed by atoms with Gasteiger partial charge in [-0.3, -0.25) is 4.79 Å². The molecule has 0 heterocycles. The largest absolute Gasteiger partial charge is 0.507 e. The molecule has 1 saturated carbocycles. The number of phenolic OH excluding ortho intramolecular Hbond substituents is 1. The minimum absolute atomic E-state index is 0.0766. The molecule has 1 amide bonds. The Hall–Kier alpha value is -0.930. The number of phenols is 1. The predicted molar refractivity (Wildman–Crippen MR) is 63.3 cm³/mol. The quantitative estimate of drug-likeness (QED) is 0.820. The topological polar surface area (TPSA) is 49.3 Å². The number of amides is 1. The van der Waals surface area contributed by atoms with Crippen molar-refractivity contribution in [2.24, 2.45) is 0 Å². The molecule has 1 aliphatic rings. The van der Waals surface area contributed by atoms with E-state index in [2.05, 4.69) is 5.32 Å². The summed E-state index contributed by atoms with van der Waals surface area (Å²) in [5.74, 6) is -0.0227. The SMILES string of the molecule is O=C(NC1(CCl)CC1)c1cc(Cl)ccc1O. The van der Waals surface area contributed by atoms with E-state index in [0.29, 0.717) is 10.9 Å². The fourth-order valence-electron chi connectivity index (χ4n) is 1.44. The molecule has 0 aromatic heterocycles. The summed E-state index contributed by atoms with van der Waals surface area (Å²) < 4.78 is 0. The third kappa shape index (κ3) is 2.25. The third-order valence-electron chi connectivity index (χ3n) is 2.69. The number of aromatic hydroxyl groups is 1. The van der Waals surface area contributed by atoms with Gasteiger partial charge in [-0.25, -0.2) is 0 Å². The van der Waals surface area contributed by atoms with Crippen LogP contribution in [0.5, 0.6) is 5.75 Å². The van der Waals surface area contributed by atoms with Crippen LogP contribution in [-0.4, -0.2) is 22.4 Å². The number of halogens is 2. The second kappa shape index (κ2) is 4.15. The Bertz CT molecular complexity index is 430. The van der Waals surface area contributed by atoms with Crippen molar-refractivity contribution in [2.45, 2.75) is 18.4 Å². The molecule has 2 rings (SSSR count). The lowest BCUT2D eigenvalue weighted by molar-refractivity contribution is 0.0933. The Kier molecular flexibility index (Phi) is 3.00. The van der Waals surface area contributed by atoms with Crippen LogP contribution in [0.2, 0.25) is 5.02 Å². The van der Waals surface area contributed by atoms with E-state index in [1.54, 1.807) is 0 Å². The summed E-state index contributed by atoms with van der Waals surface area (Å²) in [6, 6.07) is 4.37. The Morgan fingerprint density at radius 1 is 1.50 bits per heavy atom. The summed E-state index contributed by atoms with van der Waals surface area (Å²) in [5, 5.41) is 12.8. The molecule has 5 heteroatoms. The lowest BCUT2D eigenvalue weighted by Gasteiger charge is -2.14. The Morgan fingerprint density at radius 2 is 2.19 bits per heavy atom. The van der Waals surface area contributed by atoms with Crippen molar-refractivity contribution in [1.82, 2.24) is 5.32 Å². The van der Waals surface area contributed by atoms with Crippen molar-refractivity contribution in [2.75, 3.05) is 5.88 Å². The maximum atomic E-state index is 11.8. The van der Waals surface area contributed by atoms with Gasteiger partial charge in [0, 0.05) is 10.9 Å². The van der Waals surface area contributed by atoms with E-state index in [4.69, 9.17) is 23.2 Å². The monoisotopic (exact) mass is 259 g/mol. The first kappa shape index (κ1) is 11.6. The van der Waals surface area contributed by atoms with Crippen LogP contribution < -0.4 is 5.32 Å². The molecule has 1 aromatic carbocycles. The molecule has 0 bridgehead atoms. The molecule has 1 aromatic rings. The lowest BCUT2D eigenvalue weighted by atomic mass is 10.1. The zero-order chi connectivity index (χ0) is 11.8. The number of nitrogens with one attached hydrogen (secondary N) is 1. The van der Waals surface area contributed by atoms with Gasteiger partial charge in [-0.1, -0.05) is 11.6 Å². The van der Waals surface area contributed by atoms with Crippen LogP contribution >= 0.6 is 23.2 Å². The highest BCUT2D eigenvalue weighted by molar-refractivity contribution is 6.31. The second-order valence-electron chi connectivity index (χ2n) is 4.03. The predicted octanol–water partition coefficient (Wildman–Crippen LogP) is 2.55. The van der Waals surface area contributed by atoms with Gasteiger partial charge in [0.15, 0.2) is 0 Å². The van der Waals surface area contributed by atoms with Crippen LogP contribution in [0.25, 0.3) is 0 Å². The first-order valence-electron chi connectivity index (χ1n) is 4.93. The van der Waals surface area contributed by atoms with Crippen molar-refractivity contribution in [3.8, 4) is 5.75 Å². The molecule has 0 aliphatic heterocycles. The molecule has 2 N–H and O–H groups in total. The number of carbonyl (C=O) groups is 1. The standard InChI is InChI=1S/C11H11Cl2NO2/c12-6-11(3-4-11)14-10(16)8-5-7(13)1-2-9(8)15/h1-2,5,15H,3-4,6H2,(H,14,16). The van der Waals surface area contributed by atoms with Gasteiger partial charge in [0.2, 0.25) is 0 Å². The minimum Gasteiger partial charge on any atom is -0.507 e. The van der Waals surface area contributed by atoms with Crippen LogP contribution in [0, 0.1) is 0 Å². The molecule has 0 radical (unpaired) electrons. The van der Waals surface area contributed by atoms with Gasteiger partial charge < -0.3 is 10.4 Å². The van der Waals surface area contributed by atoms with E-state index in [1.807, 2.05) is 0 Å². The average molecular weight is 260 g/mol. The molecule has 0 atom stereocenters. The van der Waals surface area contributed by atoms with Crippen LogP contribution in [0.4, 0.5) is 0 Å². The van der Waals surface area contributed by atoms with Gasteiger partial charge in [0.1, 0.15) is 5.75 Å². The second-order valence-corrected chi connectivity index (χ2v) is 4.73. The zero-order valence-electron chi connectivity index (χ0n) is 8.46. The van der Waals surface area contributed by atoms with Gasteiger partial charge in [-0.2, -0.15) is 0 Å². The van der Waals surface area contributed by atoms with Crippen LogP contribution in [-0.2, 0) is 0 Å². The molecule has 0 unspecified atom stereocenters. The molecule has 1 aliphatic carbocycles. The Labute approximate surface area is 103 Å². The van der Waals surface area contributed by atoms with Crippen LogP contribution in [0.15, 0.2) is 18.2 Å². The number of hydrogen-bond acceptors (Lipinski definition) is 2. The minimum atomic E-state index is -0.335. The van der Waals surface area contributed by atoms with Crippen molar-refractivity contribution in [3.63, 3.8) is 0 Å². The van der Waals surface area contributed by atoms with E-state index in [9.17, 15) is 9.90 Å². The molecule has 16 heavy (non-hydrogen) atoms. The molecular formula is C11H11Cl2NO2. The van der Waals surface area contributed by atoms with Crippen molar-refractivity contribution < 1.29 is 9.90 Å². The highest BCUT2D eigenvalue weighted by Gasteiger charge is 2.43. The normalized spacial score (nSPS) is 16.9. The van der Waals surface area contributed by atoms with Crippen LogP contribution in [0.1, 0.15) is 23.2 Å². The number of alkyl halides is 1. The van der Waals surface area contributed by atoms with Crippen molar-refractivity contribution >= 4 is 29.1 Å². The summed E-state index contributed by atoms with van der Waals surface area (Å²) in [6.45, 7) is 0. The average Bonchev–Trinajstić information content (AvgIpc) is 3.02. The summed E-state index contributed by atoms with van der Waals surface area (Å²) >= 11 is 11.5. The lowest BCUT2D eigenvalue weighted by Crippen LogP contribution is -2.38. The summed E-state index contributed by atoms with van der Waals surface area (Å²) in [4.78, 5) is 11.8. The fraction of sp³-hybridized carbons (Fsp3) is 0.364. The maximum absolute atomic E-state index is 11.8. The zero-order valence-corrected chi connectivity index (χ0v) is 9.98. The molecule has 86 valence electrons. The fourth-order valence-corrected chi connectivity index (χ4v) is 1.95. The molecule has 1 fully saturated rings. The van der Waals surface area contributed by atoms with Crippen molar-refractivity contribution in [1.29, 1.82) is 0 Å². The van der Waals surface area contributed by atoms with E-state index in [1.165, 1.54) is 18.2 Å².